The molecule has 2 aromatic rings. The molecule has 4 rings (SSSR count). The lowest BCUT2D eigenvalue weighted by Crippen LogP contribution is -2.55. The number of carbonyl (C=O) groups is 2. The number of amides is 1. The number of anilines is 1. The van der Waals surface area contributed by atoms with Gasteiger partial charge in [-0.3, -0.25) is 9.59 Å². The zero-order valence-corrected chi connectivity index (χ0v) is 18.0. The molecule has 1 saturated heterocycles. The van der Waals surface area contributed by atoms with Crippen LogP contribution in [0.5, 0.6) is 0 Å². The lowest BCUT2D eigenvalue weighted by Gasteiger charge is -2.42. The van der Waals surface area contributed by atoms with Gasteiger partial charge in [-0.2, -0.15) is 0 Å². The van der Waals surface area contributed by atoms with E-state index in [-0.39, 0.29) is 35.1 Å². The van der Waals surface area contributed by atoms with Gasteiger partial charge < -0.3 is 10.6 Å². The Kier molecular flexibility index (Phi) is 6.04. The number of benzene rings is 1. The third-order valence-corrected chi connectivity index (χ3v) is 6.73. The fourth-order valence-corrected chi connectivity index (χ4v) is 5.06. The highest BCUT2D eigenvalue weighted by Gasteiger charge is 2.41. The van der Waals surface area contributed by atoms with E-state index in [9.17, 15) is 9.59 Å². The van der Waals surface area contributed by atoms with Crippen molar-refractivity contribution in [1.29, 1.82) is 0 Å². The molecule has 1 aromatic carbocycles. The molecule has 0 spiro atoms. The van der Waals surface area contributed by atoms with Gasteiger partial charge in [0.05, 0.1) is 11.6 Å². The molecule has 6 nitrogen and oxygen atoms in total. The number of hydrogen-bond donors (Lipinski definition) is 2. The van der Waals surface area contributed by atoms with E-state index in [1.165, 1.54) is 0 Å². The predicted molar refractivity (Wildman–Crippen MR) is 118 cm³/mol. The third kappa shape index (κ3) is 4.33. The Labute approximate surface area is 181 Å². The van der Waals surface area contributed by atoms with Crippen LogP contribution in [0.25, 0.3) is 11.3 Å². The maximum atomic E-state index is 12.7. The maximum absolute atomic E-state index is 12.7. The third-order valence-electron chi connectivity index (χ3n) is 6.34. The van der Waals surface area contributed by atoms with Crippen LogP contribution in [0.15, 0.2) is 36.5 Å². The average Bonchev–Trinajstić information content (AvgIpc) is 2.73. The van der Waals surface area contributed by atoms with Gasteiger partial charge in [0.25, 0.3) is 0 Å². The number of nitrogens with one attached hydrogen (secondary N) is 2. The van der Waals surface area contributed by atoms with Gasteiger partial charge in [0.15, 0.2) is 5.78 Å². The fourth-order valence-electron chi connectivity index (χ4n) is 4.71. The largest absolute Gasteiger partial charge is 0.353 e. The molecule has 1 aromatic heterocycles. The number of hydrogen-bond acceptors (Lipinski definition) is 5. The Bertz CT molecular complexity index is 950. The van der Waals surface area contributed by atoms with Crippen molar-refractivity contribution in [2.45, 2.75) is 57.0 Å². The van der Waals surface area contributed by atoms with Gasteiger partial charge in [-0.25, -0.2) is 9.97 Å². The van der Waals surface area contributed by atoms with Crippen molar-refractivity contribution >= 4 is 29.2 Å². The molecule has 2 aliphatic rings. The number of ketones is 1. The molecule has 1 amide bonds. The number of halogens is 1. The summed E-state index contributed by atoms with van der Waals surface area (Å²) < 4.78 is 0. The second-order valence-corrected chi connectivity index (χ2v) is 9.05. The van der Waals surface area contributed by atoms with E-state index >= 15 is 0 Å². The Morgan fingerprint density at radius 1 is 1.23 bits per heavy atom. The number of Topliss-reactive ketones (excluding diaryl/α,β-unsaturated/α-hetero) is 1. The van der Waals surface area contributed by atoms with E-state index in [0.717, 1.165) is 31.2 Å². The molecule has 30 heavy (non-hydrogen) atoms. The number of alkyl halides is 1. The van der Waals surface area contributed by atoms with Crippen LogP contribution in [-0.2, 0) is 4.79 Å². The first kappa shape index (κ1) is 20.8. The molecule has 2 heterocycles. The highest BCUT2D eigenvalue weighted by Crippen LogP contribution is 2.37. The van der Waals surface area contributed by atoms with Crippen LogP contribution in [0, 0.1) is 11.8 Å². The standard InChI is InChI=1S/C23H27ClN4O2/c1-13(19-12-15-11-16(24)7-8-20(15)27-22(19)30)26-23-25-10-9-21(28-23)18-6-4-3-5-17(18)14(2)29/h3-6,9-10,13,15-16,19-20H,7-8,11-12H2,1-2H3,(H,27,30)(H,25,26,28)/t13-,15?,16?,19?,20?/m0/s1. The van der Waals surface area contributed by atoms with Gasteiger partial charge in [0.1, 0.15) is 0 Å². The number of nitrogens with zero attached hydrogens (tertiary/aromatic N) is 2. The number of fused-ring (bicyclic) bond motifs is 1. The molecular weight excluding hydrogens is 400 g/mol. The Morgan fingerprint density at radius 2 is 2.03 bits per heavy atom. The highest BCUT2D eigenvalue weighted by molar-refractivity contribution is 6.20. The van der Waals surface area contributed by atoms with Crippen molar-refractivity contribution in [3.63, 3.8) is 0 Å². The van der Waals surface area contributed by atoms with Gasteiger partial charge in [-0.1, -0.05) is 24.3 Å². The smallest absolute Gasteiger partial charge is 0.225 e. The first-order valence-electron chi connectivity index (χ1n) is 10.6. The van der Waals surface area contributed by atoms with E-state index in [0.29, 0.717) is 23.1 Å². The first-order valence-corrected chi connectivity index (χ1v) is 11.0. The van der Waals surface area contributed by atoms with Crippen LogP contribution in [0.4, 0.5) is 5.95 Å². The van der Waals surface area contributed by atoms with Crippen LogP contribution in [-0.4, -0.2) is 39.1 Å². The summed E-state index contributed by atoms with van der Waals surface area (Å²) in [6.45, 7) is 3.54. The summed E-state index contributed by atoms with van der Waals surface area (Å²) in [5.74, 6) is 0.785. The minimum atomic E-state index is -0.162. The topological polar surface area (TPSA) is 84.0 Å². The van der Waals surface area contributed by atoms with Gasteiger partial charge in [-0.15, -0.1) is 11.6 Å². The molecule has 1 aliphatic heterocycles. The van der Waals surface area contributed by atoms with E-state index < -0.39 is 0 Å². The lowest BCUT2D eigenvalue weighted by atomic mass is 9.74. The molecule has 2 N–H and O–H groups in total. The van der Waals surface area contributed by atoms with E-state index in [2.05, 4.69) is 20.6 Å². The summed E-state index contributed by atoms with van der Waals surface area (Å²) >= 11 is 6.37. The number of piperidine rings is 1. The number of rotatable bonds is 5. The quantitative estimate of drug-likeness (QED) is 0.556. The van der Waals surface area contributed by atoms with Crippen LogP contribution in [0.1, 0.15) is 49.9 Å². The minimum absolute atomic E-state index is 0.00871. The van der Waals surface area contributed by atoms with Crippen molar-refractivity contribution in [3.8, 4) is 11.3 Å². The summed E-state index contributed by atoms with van der Waals surface area (Å²) in [7, 11) is 0. The predicted octanol–water partition coefficient (Wildman–Crippen LogP) is 4.06. The summed E-state index contributed by atoms with van der Waals surface area (Å²) in [5.41, 5.74) is 2.08. The van der Waals surface area contributed by atoms with Crippen LogP contribution in [0.2, 0.25) is 0 Å². The monoisotopic (exact) mass is 426 g/mol. The van der Waals surface area contributed by atoms with E-state index in [1.54, 1.807) is 25.3 Å². The first-order chi connectivity index (χ1) is 14.4. The molecule has 5 atom stereocenters. The second kappa shape index (κ2) is 8.72. The Hall–Kier alpha value is -2.47. The average molecular weight is 427 g/mol. The van der Waals surface area contributed by atoms with Crippen molar-refractivity contribution in [3.05, 3.63) is 42.1 Å². The van der Waals surface area contributed by atoms with Gasteiger partial charge >= 0.3 is 0 Å². The zero-order valence-electron chi connectivity index (χ0n) is 17.3. The van der Waals surface area contributed by atoms with Crippen molar-refractivity contribution in [2.24, 2.45) is 11.8 Å². The summed E-state index contributed by atoms with van der Waals surface area (Å²) in [6.07, 6.45) is 5.36. The molecule has 7 heteroatoms. The lowest BCUT2D eigenvalue weighted by molar-refractivity contribution is -0.130. The molecule has 1 saturated carbocycles. The van der Waals surface area contributed by atoms with Gasteiger partial charge in [0.2, 0.25) is 11.9 Å². The molecule has 158 valence electrons. The SMILES string of the molecule is CC(=O)c1ccccc1-c1ccnc(N[C@@H](C)C2CC3CC(Cl)CCC3NC2=O)n1. The second-order valence-electron chi connectivity index (χ2n) is 8.43. The van der Waals surface area contributed by atoms with E-state index in [4.69, 9.17) is 11.6 Å². The summed E-state index contributed by atoms with van der Waals surface area (Å²) in [4.78, 5) is 33.6. The normalized spacial score (nSPS) is 27.0. The fraction of sp³-hybridized carbons (Fsp3) is 0.478. The highest BCUT2D eigenvalue weighted by atomic mass is 35.5. The van der Waals surface area contributed by atoms with Gasteiger partial charge in [0, 0.05) is 34.8 Å². The van der Waals surface area contributed by atoms with Crippen LogP contribution >= 0.6 is 11.6 Å². The number of carbonyl (C=O) groups excluding carboxylic acids is 2. The molecule has 2 fully saturated rings. The molecule has 4 unspecified atom stereocenters. The van der Waals surface area contributed by atoms with Crippen molar-refractivity contribution < 1.29 is 9.59 Å². The van der Waals surface area contributed by atoms with Crippen molar-refractivity contribution in [2.75, 3.05) is 5.32 Å². The molecule has 0 radical (unpaired) electrons. The van der Waals surface area contributed by atoms with Crippen LogP contribution in [0.3, 0.4) is 0 Å². The van der Waals surface area contributed by atoms with Gasteiger partial charge in [-0.05, 0) is 51.5 Å². The van der Waals surface area contributed by atoms with Crippen molar-refractivity contribution in [1.82, 2.24) is 15.3 Å². The van der Waals surface area contributed by atoms with E-state index in [1.807, 2.05) is 25.1 Å². The summed E-state index contributed by atoms with van der Waals surface area (Å²) in [5, 5.41) is 6.70. The zero-order chi connectivity index (χ0) is 21.3. The maximum Gasteiger partial charge on any atom is 0.225 e. The molecule has 1 aliphatic carbocycles. The number of aromatic nitrogens is 2. The Balaban J connectivity index is 1.50. The molecular formula is C23H27ClN4O2. The summed E-state index contributed by atoms with van der Waals surface area (Å²) in [6, 6.07) is 9.32. The van der Waals surface area contributed by atoms with Crippen LogP contribution < -0.4 is 10.6 Å². The minimum Gasteiger partial charge on any atom is -0.353 e. The molecule has 0 bridgehead atoms. The Morgan fingerprint density at radius 3 is 2.83 bits per heavy atom.